The van der Waals surface area contributed by atoms with E-state index in [0.717, 1.165) is 47.9 Å². The van der Waals surface area contributed by atoms with Crippen LogP contribution in [0, 0.1) is 5.92 Å². The predicted octanol–water partition coefficient (Wildman–Crippen LogP) is 4.63. The molecular weight excluding hydrogens is 446 g/mol. The van der Waals surface area contributed by atoms with Gasteiger partial charge in [0.25, 0.3) is 5.91 Å². The zero-order valence-electron chi connectivity index (χ0n) is 20.0. The molecule has 1 amide bonds. The topological polar surface area (TPSA) is 78.3 Å². The molecule has 0 unspecified atom stereocenters. The molecule has 1 saturated heterocycles. The first-order valence-corrected chi connectivity index (χ1v) is 13.0. The number of piperidine rings is 1. The van der Waals surface area contributed by atoms with Gasteiger partial charge in [-0.25, -0.2) is 4.98 Å². The Labute approximate surface area is 203 Å². The number of hydrogen-bond acceptors (Lipinski definition) is 5. The Bertz CT molecular complexity index is 1400. The molecule has 8 heteroatoms. The van der Waals surface area contributed by atoms with Gasteiger partial charge in [0.1, 0.15) is 16.1 Å². The van der Waals surface area contributed by atoms with Crippen LogP contribution in [0.15, 0.2) is 29.6 Å². The summed E-state index contributed by atoms with van der Waals surface area (Å²) < 4.78 is 10.3. The van der Waals surface area contributed by atoms with Crippen LogP contribution in [0.4, 0.5) is 0 Å². The standard InChI is InChI=1S/C26H31N5O2S/c1-15-4-7-19(27)14-30(15)25(32)18-10-20-23(22(12-18)33-3)29(2)24(28-20)21-11-17-8-9-34-26(17)31(21)13-16-5-6-16/h8-12,15-16,19H,4-7,13-14,27H2,1-3H3/t15-,19+/m1/s1. The zero-order chi connectivity index (χ0) is 23.6. The highest BCUT2D eigenvalue weighted by molar-refractivity contribution is 7.16. The molecule has 1 aliphatic heterocycles. The molecule has 2 N–H and O–H groups in total. The molecule has 2 atom stereocenters. The molecule has 2 fully saturated rings. The molecule has 6 rings (SSSR count). The van der Waals surface area contributed by atoms with Gasteiger partial charge < -0.3 is 24.5 Å². The number of thiophene rings is 1. The van der Waals surface area contributed by atoms with E-state index >= 15 is 0 Å². The number of nitrogens with zero attached hydrogens (tertiary/aromatic N) is 4. The fourth-order valence-electron chi connectivity index (χ4n) is 5.30. The number of nitrogens with two attached hydrogens (primary N) is 1. The maximum atomic E-state index is 13.5. The molecule has 0 radical (unpaired) electrons. The number of rotatable bonds is 5. The molecule has 1 saturated carbocycles. The number of imidazole rings is 1. The number of carbonyl (C=O) groups is 1. The van der Waals surface area contributed by atoms with Crippen LogP contribution in [0.2, 0.25) is 0 Å². The highest BCUT2D eigenvalue weighted by Gasteiger charge is 2.30. The number of fused-ring (bicyclic) bond motifs is 2. The van der Waals surface area contributed by atoms with Crippen molar-refractivity contribution in [2.75, 3.05) is 13.7 Å². The number of methoxy groups -OCH3 is 1. The van der Waals surface area contributed by atoms with E-state index in [1.54, 1.807) is 18.4 Å². The minimum Gasteiger partial charge on any atom is -0.494 e. The summed E-state index contributed by atoms with van der Waals surface area (Å²) in [6, 6.07) is 8.38. The minimum atomic E-state index is -0.00678. The quantitative estimate of drug-likeness (QED) is 0.455. The number of carbonyl (C=O) groups excluding carboxylic acids is 1. The van der Waals surface area contributed by atoms with Gasteiger partial charge in [0.05, 0.1) is 18.3 Å². The maximum Gasteiger partial charge on any atom is 0.254 e. The number of ether oxygens (including phenoxy) is 1. The van der Waals surface area contributed by atoms with Gasteiger partial charge in [-0.1, -0.05) is 0 Å². The van der Waals surface area contributed by atoms with E-state index in [0.29, 0.717) is 17.9 Å². The Hall–Kier alpha value is -2.84. The van der Waals surface area contributed by atoms with Crippen LogP contribution in [0.5, 0.6) is 5.75 Å². The lowest BCUT2D eigenvalue weighted by atomic mass is 9.99. The van der Waals surface area contributed by atoms with Crippen molar-refractivity contribution >= 4 is 38.5 Å². The average Bonchev–Trinajstić information content (AvgIpc) is 3.28. The molecule has 7 nitrogen and oxygen atoms in total. The SMILES string of the molecule is COc1cc(C(=O)N2C[C@@H](N)CC[C@H]2C)cc2nc(-c3cc4ccsc4n3CC3CC3)n(C)c12. The molecule has 3 aromatic heterocycles. The van der Waals surface area contributed by atoms with Gasteiger partial charge >= 0.3 is 0 Å². The molecule has 1 aliphatic carbocycles. The lowest BCUT2D eigenvalue weighted by Crippen LogP contribution is -2.50. The fraction of sp³-hybridized carbons (Fsp3) is 0.462. The van der Waals surface area contributed by atoms with E-state index < -0.39 is 0 Å². The predicted molar refractivity (Wildman–Crippen MR) is 137 cm³/mol. The largest absolute Gasteiger partial charge is 0.494 e. The van der Waals surface area contributed by atoms with Gasteiger partial charge in [0.2, 0.25) is 0 Å². The van der Waals surface area contributed by atoms with E-state index in [-0.39, 0.29) is 18.0 Å². The highest BCUT2D eigenvalue weighted by atomic mass is 32.1. The normalized spacial score (nSPS) is 21.0. The van der Waals surface area contributed by atoms with Crippen molar-refractivity contribution in [2.24, 2.45) is 18.7 Å². The van der Waals surface area contributed by atoms with Crippen molar-refractivity contribution in [3.8, 4) is 17.3 Å². The number of amides is 1. The molecule has 1 aromatic carbocycles. The van der Waals surface area contributed by atoms with Gasteiger partial charge in [-0.15, -0.1) is 11.3 Å². The van der Waals surface area contributed by atoms with E-state index in [1.807, 2.05) is 24.1 Å². The summed E-state index contributed by atoms with van der Waals surface area (Å²) >= 11 is 1.78. The van der Waals surface area contributed by atoms with Crippen LogP contribution in [0.1, 0.15) is 43.0 Å². The van der Waals surface area contributed by atoms with Crippen molar-refractivity contribution in [3.05, 3.63) is 35.2 Å². The van der Waals surface area contributed by atoms with Gasteiger partial charge in [0.15, 0.2) is 5.82 Å². The van der Waals surface area contributed by atoms with Crippen LogP contribution < -0.4 is 10.5 Å². The van der Waals surface area contributed by atoms with Crippen LogP contribution in [0.25, 0.3) is 32.8 Å². The summed E-state index contributed by atoms with van der Waals surface area (Å²) in [4.78, 5) is 21.7. The number of benzene rings is 1. The molecule has 0 bridgehead atoms. The Morgan fingerprint density at radius 3 is 2.82 bits per heavy atom. The first-order chi connectivity index (χ1) is 16.4. The van der Waals surface area contributed by atoms with Gasteiger partial charge in [0, 0.05) is 43.2 Å². The van der Waals surface area contributed by atoms with Gasteiger partial charge in [-0.05, 0) is 68.2 Å². The van der Waals surface area contributed by atoms with E-state index in [9.17, 15) is 4.79 Å². The second-order valence-electron chi connectivity index (χ2n) is 9.95. The first-order valence-electron chi connectivity index (χ1n) is 12.1. The van der Waals surface area contributed by atoms with Crippen molar-refractivity contribution in [1.82, 2.24) is 19.0 Å². The summed E-state index contributed by atoms with van der Waals surface area (Å²) in [5.41, 5.74) is 9.58. The zero-order valence-corrected chi connectivity index (χ0v) is 20.8. The van der Waals surface area contributed by atoms with Crippen molar-refractivity contribution in [3.63, 3.8) is 0 Å². The number of aromatic nitrogens is 3. The summed E-state index contributed by atoms with van der Waals surface area (Å²) in [6.45, 7) is 3.70. The molecule has 4 heterocycles. The smallest absolute Gasteiger partial charge is 0.254 e. The van der Waals surface area contributed by atoms with E-state index in [1.165, 1.54) is 23.1 Å². The summed E-state index contributed by atoms with van der Waals surface area (Å²) in [5, 5.41) is 3.41. The Kier molecular flexibility index (Phi) is 5.18. The van der Waals surface area contributed by atoms with E-state index in [2.05, 4.69) is 33.6 Å². The third kappa shape index (κ3) is 3.51. The molecule has 2 aliphatic rings. The summed E-state index contributed by atoms with van der Waals surface area (Å²) in [5.74, 6) is 2.31. The van der Waals surface area contributed by atoms with Crippen molar-refractivity contribution in [2.45, 2.75) is 51.2 Å². The molecule has 34 heavy (non-hydrogen) atoms. The number of hydrogen-bond donors (Lipinski definition) is 1. The molecule has 0 spiro atoms. The third-order valence-corrected chi connectivity index (χ3v) is 8.40. The monoisotopic (exact) mass is 477 g/mol. The Morgan fingerprint density at radius 1 is 1.24 bits per heavy atom. The summed E-state index contributed by atoms with van der Waals surface area (Å²) in [7, 11) is 3.68. The van der Waals surface area contributed by atoms with E-state index in [4.69, 9.17) is 15.5 Å². The number of likely N-dealkylation sites (tertiary alicyclic amines) is 1. The Balaban J connectivity index is 1.46. The van der Waals surface area contributed by atoms with Gasteiger partial charge in [-0.2, -0.15) is 0 Å². The van der Waals surface area contributed by atoms with Crippen molar-refractivity contribution < 1.29 is 9.53 Å². The molecule has 4 aromatic rings. The fourth-order valence-corrected chi connectivity index (χ4v) is 6.21. The van der Waals surface area contributed by atoms with Crippen LogP contribution in [0.3, 0.4) is 0 Å². The van der Waals surface area contributed by atoms with Crippen molar-refractivity contribution in [1.29, 1.82) is 0 Å². The maximum absolute atomic E-state index is 13.5. The van der Waals surface area contributed by atoms with Crippen LogP contribution in [-0.4, -0.2) is 50.7 Å². The third-order valence-electron chi connectivity index (χ3n) is 7.45. The summed E-state index contributed by atoms with van der Waals surface area (Å²) in [6.07, 6.45) is 4.47. The lowest BCUT2D eigenvalue weighted by molar-refractivity contribution is 0.0612. The molecular formula is C26H31N5O2S. The second-order valence-corrected chi connectivity index (χ2v) is 10.8. The first kappa shape index (κ1) is 21.7. The van der Waals surface area contributed by atoms with Crippen LogP contribution in [-0.2, 0) is 13.6 Å². The Morgan fingerprint density at radius 2 is 2.06 bits per heavy atom. The van der Waals surface area contributed by atoms with Crippen LogP contribution >= 0.6 is 11.3 Å². The lowest BCUT2D eigenvalue weighted by Gasteiger charge is -2.36. The minimum absolute atomic E-state index is 0.00678. The average molecular weight is 478 g/mol. The molecule has 178 valence electrons. The second kappa shape index (κ2) is 8.13. The van der Waals surface area contributed by atoms with Gasteiger partial charge in [-0.3, -0.25) is 4.79 Å². The highest BCUT2D eigenvalue weighted by Crippen LogP contribution is 2.39. The number of aryl methyl sites for hydroxylation is 1.